The van der Waals surface area contributed by atoms with E-state index < -0.39 is 0 Å². The summed E-state index contributed by atoms with van der Waals surface area (Å²) in [6.45, 7) is 4.22. The van der Waals surface area contributed by atoms with Gasteiger partial charge in [-0.1, -0.05) is 65.1 Å². The van der Waals surface area contributed by atoms with Crippen molar-refractivity contribution in [3.05, 3.63) is 33.8 Å². The summed E-state index contributed by atoms with van der Waals surface area (Å²) in [7, 11) is 0. The van der Waals surface area contributed by atoms with Crippen LogP contribution in [0, 0.1) is 0 Å². The van der Waals surface area contributed by atoms with Gasteiger partial charge in [-0.05, 0) is 17.5 Å². The fourth-order valence-electron chi connectivity index (χ4n) is 1.12. The smallest absolute Gasteiger partial charge is 0.0627 e. The SMILES string of the molecule is CC(Br)C(C)c1cccc(Cl)c1Cl. The summed E-state index contributed by atoms with van der Waals surface area (Å²) in [5.41, 5.74) is 1.10. The monoisotopic (exact) mass is 280 g/mol. The third kappa shape index (κ3) is 2.61. The van der Waals surface area contributed by atoms with Crippen LogP contribution in [0.4, 0.5) is 0 Å². The van der Waals surface area contributed by atoms with Crippen LogP contribution < -0.4 is 0 Å². The molecule has 0 N–H and O–H groups in total. The van der Waals surface area contributed by atoms with Gasteiger partial charge in [-0.15, -0.1) is 0 Å². The van der Waals surface area contributed by atoms with Gasteiger partial charge in [-0.2, -0.15) is 0 Å². The lowest BCUT2D eigenvalue weighted by Gasteiger charge is -2.16. The molecule has 2 unspecified atom stereocenters. The molecular weight excluding hydrogens is 271 g/mol. The Hall–Kier alpha value is 0.280. The van der Waals surface area contributed by atoms with Crippen molar-refractivity contribution in [3.8, 4) is 0 Å². The number of alkyl halides is 1. The number of halogens is 3. The maximum absolute atomic E-state index is 6.08. The van der Waals surface area contributed by atoms with E-state index in [0.29, 0.717) is 20.8 Å². The minimum atomic E-state index is 0.367. The molecule has 0 bridgehead atoms. The van der Waals surface area contributed by atoms with Crippen LogP contribution in [0.3, 0.4) is 0 Å². The molecule has 0 aliphatic carbocycles. The molecule has 0 nitrogen and oxygen atoms in total. The predicted molar refractivity (Wildman–Crippen MR) is 63.3 cm³/mol. The highest BCUT2D eigenvalue weighted by Gasteiger charge is 2.15. The van der Waals surface area contributed by atoms with Crippen LogP contribution in [0.1, 0.15) is 25.3 Å². The first-order valence-electron chi connectivity index (χ1n) is 4.12. The van der Waals surface area contributed by atoms with Crippen LogP contribution in [0.25, 0.3) is 0 Å². The quantitative estimate of drug-likeness (QED) is 0.678. The van der Waals surface area contributed by atoms with Gasteiger partial charge in [0.2, 0.25) is 0 Å². The van der Waals surface area contributed by atoms with Crippen LogP contribution in [-0.2, 0) is 0 Å². The molecule has 13 heavy (non-hydrogen) atoms. The molecule has 1 rings (SSSR count). The van der Waals surface area contributed by atoms with Gasteiger partial charge in [0.1, 0.15) is 0 Å². The predicted octanol–water partition coefficient (Wildman–Crippen LogP) is 4.88. The maximum Gasteiger partial charge on any atom is 0.0627 e. The molecule has 0 saturated heterocycles. The Balaban J connectivity index is 3.07. The number of hydrogen-bond donors (Lipinski definition) is 0. The van der Waals surface area contributed by atoms with Crippen LogP contribution in [0.5, 0.6) is 0 Å². The van der Waals surface area contributed by atoms with E-state index in [9.17, 15) is 0 Å². The van der Waals surface area contributed by atoms with E-state index in [-0.39, 0.29) is 0 Å². The Bertz CT molecular complexity index is 297. The van der Waals surface area contributed by atoms with Crippen LogP contribution in [0.15, 0.2) is 18.2 Å². The van der Waals surface area contributed by atoms with Gasteiger partial charge in [0, 0.05) is 4.83 Å². The number of benzene rings is 1. The largest absolute Gasteiger partial charge is 0.0887 e. The third-order valence-electron chi connectivity index (χ3n) is 2.16. The first-order valence-corrected chi connectivity index (χ1v) is 5.79. The Kier molecular flexibility index (Phi) is 4.08. The molecule has 0 fully saturated rings. The lowest BCUT2D eigenvalue weighted by Crippen LogP contribution is -2.04. The summed E-state index contributed by atoms with van der Waals surface area (Å²) in [4.78, 5) is 0.392. The van der Waals surface area contributed by atoms with Gasteiger partial charge in [-0.25, -0.2) is 0 Å². The average molecular weight is 282 g/mol. The maximum atomic E-state index is 6.08. The first-order chi connectivity index (χ1) is 6.04. The van der Waals surface area contributed by atoms with E-state index in [2.05, 4.69) is 29.8 Å². The van der Waals surface area contributed by atoms with E-state index in [4.69, 9.17) is 23.2 Å². The number of rotatable bonds is 2. The van der Waals surface area contributed by atoms with Crippen LogP contribution >= 0.6 is 39.1 Å². The Labute approximate surface area is 97.4 Å². The summed E-state index contributed by atoms with van der Waals surface area (Å²) in [5.74, 6) is 0.367. The minimum absolute atomic E-state index is 0.367. The fraction of sp³-hybridized carbons (Fsp3) is 0.400. The highest BCUT2D eigenvalue weighted by molar-refractivity contribution is 9.09. The highest BCUT2D eigenvalue weighted by Crippen LogP contribution is 2.34. The minimum Gasteiger partial charge on any atom is -0.0887 e. The van der Waals surface area contributed by atoms with Crippen molar-refractivity contribution in [3.63, 3.8) is 0 Å². The molecule has 0 radical (unpaired) electrons. The number of hydrogen-bond acceptors (Lipinski definition) is 0. The Morgan fingerprint density at radius 3 is 2.38 bits per heavy atom. The standard InChI is InChI=1S/C10H11BrCl2/c1-6(7(2)11)8-4-3-5-9(12)10(8)13/h3-7H,1-2H3. The second-order valence-corrected chi connectivity index (χ2v) is 5.34. The van der Waals surface area contributed by atoms with Crippen molar-refractivity contribution in [2.45, 2.75) is 24.6 Å². The molecule has 0 aliphatic rings. The van der Waals surface area contributed by atoms with E-state index in [0.717, 1.165) is 5.56 Å². The van der Waals surface area contributed by atoms with Crippen molar-refractivity contribution < 1.29 is 0 Å². The second-order valence-electron chi connectivity index (χ2n) is 3.11. The van der Waals surface area contributed by atoms with Crippen LogP contribution in [0.2, 0.25) is 10.0 Å². The third-order valence-corrected chi connectivity index (χ3v) is 3.79. The van der Waals surface area contributed by atoms with Gasteiger partial charge >= 0.3 is 0 Å². The van der Waals surface area contributed by atoms with Crippen molar-refractivity contribution in [1.29, 1.82) is 0 Å². The molecule has 1 aromatic carbocycles. The van der Waals surface area contributed by atoms with Crippen molar-refractivity contribution in [2.75, 3.05) is 0 Å². The molecule has 2 atom stereocenters. The van der Waals surface area contributed by atoms with Gasteiger partial charge in [0.15, 0.2) is 0 Å². The van der Waals surface area contributed by atoms with Gasteiger partial charge in [-0.3, -0.25) is 0 Å². The van der Waals surface area contributed by atoms with E-state index >= 15 is 0 Å². The summed E-state index contributed by atoms with van der Waals surface area (Å²) in [6.07, 6.45) is 0. The topological polar surface area (TPSA) is 0 Å². The summed E-state index contributed by atoms with van der Waals surface area (Å²) < 4.78 is 0. The molecule has 0 aliphatic heterocycles. The molecule has 0 heterocycles. The first kappa shape index (κ1) is 11.4. The summed E-state index contributed by atoms with van der Waals surface area (Å²) in [6, 6.07) is 5.74. The molecule has 72 valence electrons. The molecule has 3 heteroatoms. The van der Waals surface area contributed by atoms with Gasteiger partial charge in [0.05, 0.1) is 10.0 Å². The van der Waals surface area contributed by atoms with Gasteiger partial charge in [0.25, 0.3) is 0 Å². The molecular formula is C10H11BrCl2. The summed E-state index contributed by atoms with van der Waals surface area (Å²) >= 11 is 15.5. The molecule has 0 spiro atoms. The Morgan fingerprint density at radius 2 is 1.85 bits per heavy atom. The van der Waals surface area contributed by atoms with E-state index in [1.165, 1.54) is 0 Å². The zero-order chi connectivity index (χ0) is 10.0. The zero-order valence-electron chi connectivity index (χ0n) is 7.52. The van der Waals surface area contributed by atoms with E-state index in [1.807, 2.05) is 12.1 Å². The lowest BCUT2D eigenvalue weighted by atomic mass is 9.99. The van der Waals surface area contributed by atoms with Crippen LogP contribution in [-0.4, -0.2) is 4.83 Å². The van der Waals surface area contributed by atoms with Crippen molar-refractivity contribution >= 4 is 39.1 Å². The second kappa shape index (κ2) is 4.68. The Morgan fingerprint density at radius 1 is 1.23 bits per heavy atom. The lowest BCUT2D eigenvalue weighted by molar-refractivity contribution is 0.762. The fourth-order valence-corrected chi connectivity index (χ4v) is 1.88. The van der Waals surface area contributed by atoms with Gasteiger partial charge < -0.3 is 0 Å². The molecule has 0 aromatic heterocycles. The molecule has 0 amide bonds. The molecule has 1 aromatic rings. The zero-order valence-corrected chi connectivity index (χ0v) is 10.6. The van der Waals surface area contributed by atoms with Crippen molar-refractivity contribution in [2.24, 2.45) is 0 Å². The average Bonchev–Trinajstić information content (AvgIpc) is 2.08. The molecule has 0 saturated carbocycles. The van der Waals surface area contributed by atoms with Crippen molar-refractivity contribution in [1.82, 2.24) is 0 Å². The van der Waals surface area contributed by atoms with E-state index in [1.54, 1.807) is 6.07 Å². The summed E-state index contributed by atoms with van der Waals surface area (Å²) in [5, 5.41) is 1.29. The normalized spacial score (nSPS) is 15.5. The highest BCUT2D eigenvalue weighted by atomic mass is 79.9.